The van der Waals surface area contributed by atoms with Crippen molar-refractivity contribution in [3.05, 3.63) is 23.9 Å². The van der Waals surface area contributed by atoms with E-state index >= 15 is 0 Å². The first kappa shape index (κ1) is 11.0. The number of nitrogens with zero attached hydrogens (tertiary/aromatic N) is 3. The second-order valence-corrected chi connectivity index (χ2v) is 5.34. The van der Waals surface area contributed by atoms with Gasteiger partial charge in [0.15, 0.2) is 5.82 Å². The van der Waals surface area contributed by atoms with Crippen molar-refractivity contribution in [2.75, 3.05) is 0 Å². The molecule has 4 heteroatoms. The normalized spacial score (nSPS) is 28.2. The molecule has 2 atom stereocenters. The lowest BCUT2D eigenvalue weighted by Gasteiger charge is -2.29. The van der Waals surface area contributed by atoms with E-state index in [-0.39, 0.29) is 0 Å². The summed E-state index contributed by atoms with van der Waals surface area (Å²) in [6.07, 6.45) is 8.37. The van der Waals surface area contributed by atoms with Gasteiger partial charge in [-0.3, -0.25) is 4.90 Å². The Bertz CT molecular complexity index is 424. The lowest BCUT2D eigenvalue weighted by molar-refractivity contribution is 0.174. The summed E-state index contributed by atoms with van der Waals surface area (Å²) in [5, 5.41) is 4.02. The number of hydrogen-bond donors (Lipinski definition) is 0. The average Bonchev–Trinajstić information content (AvgIpc) is 2.83. The first-order chi connectivity index (χ1) is 8.24. The second-order valence-electron chi connectivity index (χ2n) is 5.34. The fraction of sp³-hybridized carbons (Fsp3) is 0.692. The van der Waals surface area contributed by atoms with E-state index in [1.54, 1.807) is 0 Å². The molecule has 2 aliphatic rings. The van der Waals surface area contributed by atoms with Crippen molar-refractivity contribution in [1.29, 1.82) is 0 Å². The molecule has 3 rings (SSSR count). The van der Waals surface area contributed by atoms with Gasteiger partial charge in [-0.05, 0) is 19.3 Å². The molecule has 0 radical (unpaired) electrons. The van der Waals surface area contributed by atoms with Crippen LogP contribution in [-0.2, 0) is 6.54 Å². The van der Waals surface area contributed by atoms with Crippen LogP contribution in [0.3, 0.4) is 0 Å². The Morgan fingerprint density at radius 2 is 2.35 bits per heavy atom. The molecule has 1 aromatic heterocycles. The van der Waals surface area contributed by atoms with Crippen molar-refractivity contribution in [2.24, 2.45) is 0 Å². The summed E-state index contributed by atoms with van der Waals surface area (Å²) in [7, 11) is 0. The molecule has 2 aliphatic heterocycles. The van der Waals surface area contributed by atoms with Crippen LogP contribution in [0.25, 0.3) is 0 Å². The minimum Gasteiger partial charge on any atom is -0.338 e. The maximum Gasteiger partial charge on any atom is 0.240 e. The summed E-state index contributed by atoms with van der Waals surface area (Å²) in [5.74, 6) is 1.92. The van der Waals surface area contributed by atoms with Gasteiger partial charge in [-0.2, -0.15) is 4.98 Å². The third kappa shape index (κ3) is 2.02. The zero-order chi connectivity index (χ0) is 11.8. The number of aromatic nitrogens is 2. The molecule has 4 nitrogen and oxygen atoms in total. The van der Waals surface area contributed by atoms with E-state index in [0.717, 1.165) is 18.3 Å². The van der Waals surface area contributed by atoms with Gasteiger partial charge in [-0.15, -0.1) is 0 Å². The Kier molecular flexibility index (Phi) is 2.74. The van der Waals surface area contributed by atoms with Gasteiger partial charge in [0.1, 0.15) is 0 Å². The zero-order valence-corrected chi connectivity index (χ0v) is 10.5. The lowest BCUT2D eigenvalue weighted by Crippen LogP contribution is -2.36. The highest BCUT2D eigenvalue weighted by atomic mass is 16.5. The topological polar surface area (TPSA) is 42.2 Å². The molecule has 0 N–H and O–H groups in total. The van der Waals surface area contributed by atoms with Gasteiger partial charge >= 0.3 is 0 Å². The quantitative estimate of drug-likeness (QED) is 0.752. The van der Waals surface area contributed by atoms with Crippen molar-refractivity contribution in [3.8, 4) is 0 Å². The molecule has 1 saturated heterocycles. The minimum atomic E-state index is 0.338. The molecule has 3 heterocycles. The predicted octanol–water partition coefficient (Wildman–Crippen LogP) is 2.49. The van der Waals surface area contributed by atoms with Crippen LogP contribution in [0.1, 0.15) is 50.7 Å². The maximum absolute atomic E-state index is 5.33. The molecular weight excluding hydrogens is 214 g/mol. The fourth-order valence-corrected chi connectivity index (χ4v) is 2.79. The van der Waals surface area contributed by atoms with Gasteiger partial charge in [-0.1, -0.05) is 31.2 Å². The van der Waals surface area contributed by atoms with Crippen molar-refractivity contribution >= 4 is 0 Å². The molecule has 0 aromatic carbocycles. The number of rotatable bonds is 3. The van der Waals surface area contributed by atoms with E-state index in [9.17, 15) is 0 Å². The average molecular weight is 233 g/mol. The van der Waals surface area contributed by atoms with Crippen molar-refractivity contribution in [1.82, 2.24) is 15.0 Å². The van der Waals surface area contributed by atoms with Gasteiger partial charge in [0.25, 0.3) is 0 Å². The predicted molar refractivity (Wildman–Crippen MR) is 64.5 cm³/mol. The zero-order valence-electron chi connectivity index (χ0n) is 10.5. The smallest absolute Gasteiger partial charge is 0.240 e. The third-order valence-electron chi connectivity index (χ3n) is 3.78. The van der Waals surface area contributed by atoms with E-state index in [4.69, 9.17) is 4.52 Å². The molecular formula is C13H19N3O. The Labute approximate surface area is 102 Å². The molecule has 0 spiro atoms. The molecule has 1 fully saturated rings. The van der Waals surface area contributed by atoms with E-state index < -0.39 is 0 Å². The monoisotopic (exact) mass is 233 g/mol. The van der Waals surface area contributed by atoms with E-state index in [1.165, 1.54) is 19.3 Å². The standard InChI is InChI=1S/C13H19N3O/c1-9(2)13-14-12(17-15-13)8-16-10-4-3-5-11(16)7-6-10/h3-4,9-11H,5-8H2,1-2H3. The molecule has 92 valence electrons. The molecule has 0 aliphatic carbocycles. The number of hydrogen-bond acceptors (Lipinski definition) is 4. The molecule has 1 aromatic rings. The largest absolute Gasteiger partial charge is 0.338 e. The lowest BCUT2D eigenvalue weighted by atomic mass is 10.1. The maximum atomic E-state index is 5.33. The Balaban J connectivity index is 1.72. The van der Waals surface area contributed by atoms with Gasteiger partial charge < -0.3 is 4.52 Å². The SMILES string of the molecule is CC(C)c1noc(CN2C3C=CCC2CC3)n1. The Morgan fingerprint density at radius 1 is 1.47 bits per heavy atom. The molecule has 2 bridgehead atoms. The van der Waals surface area contributed by atoms with Crippen LogP contribution in [0.5, 0.6) is 0 Å². The third-order valence-corrected chi connectivity index (χ3v) is 3.78. The molecule has 17 heavy (non-hydrogen) atoms. The summed E-state index contributed by atoms with van der Waals surface area (Å²) in [5.41, 5.74) is 0. The van der Waals surface area contributed by atoms with Gasteiger partial charge in [0, 0.05) is 18.0 Å². The van der Waals surface area contributed by atoms with Crippen LogP contribution in [-0.4, -0.2) is 27.1 Å². The van der Waals surface area contributed by atoms with Crippen molar-refractivity contribution in [2.45, 2.75) is 57.7 Å². The van der Waals surface area contributed by atoms with Gasteiger partial charge in [0.2, 0.25) is 5.89 Å². The highest BCUT2D eigenvalue weighted by molar-refractivity contribution is 5.08. The van der Waals surface area contributed by atoms with Gasteiger partial charge in [0.05, 0.1) is 6.54 Å². The van der Waals surface area contributed by atoms with Crippen LogP contribution < -0.4 is 0 Å². The first-order valence-corrected chi connectivity index (χ1v) is 6.49. The van der Waals surface area contributed by atoms with Crippen LogP contribution in [0.15, 0.2) is 16.7 Å². The van der Waals surface area contributed by atoms with E-state index in [0.29, 0.717) is 18.0 Å². The highest BCUT2D eigenvalue weighted by Gasteiger charge is 2.34. The van der Waals surface area contributed by atoms with Crippen LogP contribution in [0.4, 0.5) is 0 Å². The van der Waals surface area contributed by atoms with Crippen molar-refractivity contribution in [3.63, 3.8) is 0 Å². The van der Waals surface area contributed by atoms with Gasteiger partial charge in [-0.25, -0.2) is 0 Å². The first-order valence-electron chi connectivity index (χ1n) is 6.49. The van der Waals surface area contributed by atoms with Crippen LogP contribution in [0.2, 0.25) is 0 Å². The molecule has 0 amide bonds. The summed E-state index contributed by atoms with van der Waals surface area (Å²) < 4.78 is 5.33. The second kappa shape index (κ2) is 4.26. The summed E-state index contributed by atoms with van der Waals surface area (Å²) in [6, 6.07) is 1.27. The molecule has 0 saturated carbocycles. The Hall–Kier alpha value is -1.16. The Morgan fingerprint density at radius 3 is 3.06 bits per heavy atom. The highest BCUT2D eigenvalue weighted by Crippen LogP contribution is 2.32. The minimum absolute atomic E-state index is 0.338. The summed E-state index contributed by atoms with van der Waals surface area (Å²) >= 11 is 0. The fourth-order valence-electron chi connectivity index (χ4n) is 2.79. The van der Waals surface area contributed by atoms with Crippen LogP contribution in [0, 0.1) is 0 Å². The van der Waals surface area contributed by atoms with Crippen molar-refractivity contribution < 1.29 is 4.52 Å². The summed E-state index contributed by atoms with van der Waals surface area (Å²) in [4.78, 5) is 6.95. The van der Waals surface area contributed by atoms with Crippen LogP contribution >= 0.6 is 0 Å². The summed E-state index contributed by atoms with van der Waals surface area (Å²) in [6.45, 7) is 4.98. The molecule has 2 unspecified atom stereocenters. The van der Waals surface area contributed by atoms with E-state index in [1.807, 2.05) is 0 Å². The number of fused-ring (bicyclic) bond motifs is 2. The van der Waals surface area contributed by atoms with E-state index in [2.05, 4.69) is 41.0 Å².